The summed E-state index contributed by atoms with van der Waals surface area (Å²) in [5.41, 5.74) is 1.45. The predicted octanol–water partition coefficient (Wildman–Crippen LogP) is 3.67. The van der Waals surface area contributed by atoms with Crippen molar-refractivity contribution in [3.8, 4) is 0 Å². The summed E-state index contributed by atoms with van der Waals surface area (Å²) in [6.45, 7) is 4.65. The van der Waals surface area contributed by atoms with Gasteiger partial charge in [-0.05, 0) is 86.2 Å². The summed E-state index contributed by atoms with van der Waals surface area (Å²) in [6, 6.07) is 3.40. The molecular weight excluding hydrogens is 394 g/mol. The topological polar surface area (TPSA) is 106 Å². The minimum absolute atomic E-state index is 0.122. The molecule has 7 atom stereocenters. The lowest BCUT2D eigenvalue weighted by Gasteiger charge is -2.61. The van der Waals surface area contributed by atoms with Gasteiger partial charge in [-0.15, -0.1) is 0 Å². The van der Waals surface area contributed by atoms with Crippen LogP contribution in [-0.2, 0) is 4.84 Å². The first-order valence-electron chi connectivity index (χ1n) is 11.6. The summed E-state index contributed by atoms with van der Waals surface area (Å²) in [5.74, 6) is 5.38. The second kappa shape index (κ2) is 8.14. The third kappa shape index (κ3) is 3.43. The van der Waals surface area contributed by atoms with Crippen LogP contribution in [0.25, 0.3) is 0 Å². The van der Waals surface area contributed by atoms with Crippen molar-refractivity contribution in [1.29, 1.82) is 0 Å². The molecule has 0 unspecified atom stereocenters. The molecule has 5 rings (SSSR count). The van der Waals surface area contributed by atoms with E-state index in [-0.39, 0.29) is 28.5 Å². The normalized spacial score (nSPS) is 43.6. The predicted molar refractivity (Wildman–Crippen MR) is 118 cm³/mol. The van der Waals surface area contributed by atoms with Crippen molar-refractivity contribution in [2.24, 2.45) is 28.6 Å². The molecule has 1 heterocycles. The Hall–Kier alpha value is -1.47. The zero-order valence-electron chi connectivity index (χ0n) is 19.0. The van der Waals surface area contributed by atoms with Crippen molar-refractivity contribution in [3.63, 3.8) is 0 Å². The van der Waals surface area contributed by atoms with Crippen molar-refractivity contribution in [1.82, 2.24) is 0 Å². The molecule has 1 aromatic heterocycles. The van der Waals surface area contributed by atoms with Gasteiger partial charge in [0.1, 0.15) is 0 Å². The Balaban J connectivity index is 0.000000730. The molecule has 3 saturated carbocycles. The van der Waals surface area contributed by atoms with Gasteiger partial charge in [-0.1, -0.05) is 25.5 Å². The highest BCUT2D eigenvalue weighted by molar-refractivity contribution is 5.31. The van der Waals surface area contributed by atoms with Gasteiger partial charge >= 0.3 is 5.63 Å². The lowest BCUT2D eigenvalue weighted by Crippen LogP contribution is -2.60. The SMILES string of the molecule is CON.C[C@]12CC[C@H](O)C=C1CC[C@@H]1[C@@H]2CC[C@]2(C)[C@@H](c3ccc(=O)oc3)CC[C@]12O. The van der Waals surface area contributed by atoms with Crippen molar-refractivity contribution >= 4 is 0 Å². The first kappa shape index (κ1) is 22.7. The monoisotopic (exact) mass is 431 g/mol. The maximum Gasteiger partial charge on any atom is 0.335 e. The highest BCUT2D eigenvalue weighted by Crippen LogP contribution is 2.70. The minimum Gasteiger partial charge on any atom is -0.431 e. The van der Waals surface area contributed by atoms with Gasteiger partial charge < -0.3 is 19.5 Å². The summed E-state index contributed by atoms with van der Waals surface area (Å²) < 4.78 is 5.16. The maximum absolute atomic E-state index is 12.1. The van der Waals surface area contributed by atoms with E-state index in [2.05, 4.69) is 30.7 Å². The molecule has 3 fully saturated rings. The zero-order chi connectivity index (χ0) is 22.4. The van der Waals surface area contributed by atoms with Gasteiger partial charge in [-0.25, -0.2) is 10.7 Å². The summed E-state index contributed by atoms with van der Waals surface area (Å²) in [7, 11) is 1.40. The fourth-order valence-corrected chi connectivity index (χ4v) is 7.78. The van der Waals surface area contributed by atoms with Crippen molar-refractivity contribution in [2.75, 3.05) is 7.11 Å². The van der Waals surface area contributed by atoms with E-state index in [9.17, 15) is 15.0 Å². The van der Waals surface area contributed by atoms with Crippen molar-refractivity contribution in [2.45, 2.75) is 82.8 Å². The Morgan fingerprint density at radius 1 is 1.10 bits per heavy atom. The molecule has 0 amide bonds. The number of fused-ring (bicyclic) bond motifs is 5. The van der Waals surface area contributed by atoms with Gasteiger partial charge in [0.15, 0.2) is 0 Å². The third-order valence-corrected chi connectivity index (χ3v) is 9.40. The molecule has 172 valence electrons. The highest BCUT2D eigenvalue weighted by atomic mass is 16.6. The molecule has 0 saturated heterocycles. The van der Waals surface area contributed by atoms with E-state index in [1.165, 1.54) is 18.7 Å². The van der Waals surface area contributed by atoms with E-state index < -0.39 is 5.60 Å². The smallest absolute Gasteiger partial charge is 0.335 e. The van der Waals surface area contributed by atoms with Gasteiger partial charge in [0, 0.05) is 11.5 Å². The van der Waals surface area contributed by atoms with Crippen LogP contribution < -0.4 is 11.5 Å². The second-order valence-corrected chi connectivity index (χ2v) is 10.6. The van der Waals surface area contributed by atoms with Crippen LogP contribution in [-0.4, -0.2) is 29.0 Å². The molecule has 0 bridgehead atoms. The lowest BCUT2D eigenvalue weighted by molar-refractivity contribution is -0.178. The van der Waals surface area contributed by atoms with Crippen LogP contribution in [0.15, 0.2) is 39.3 Å². The third-order valence-electron chi connectivity index (χ3n) is 9.40. The molecule has 4 N–H and O–H groups in total. The Morgan fingerprint density at radius 3 is 2.52 bits per heavy atom. The summed E-state index contributed by atoms with van der Waals surface area (Å²) in [4.78, 5) is 15.2. The van der Waals surface area contributed by atoms with Gasteiger partial charge in [0.05, 0.1) is 25.1 Å². The molecule has 0 spiro atoms. The summed E-state index contributed by atoms with van der Waals surface area (Å²) in [5, 5.41) is 22.3. The quantitative estimate of drug-likeness (QED) is 0.463. The number of aliphatic hydroxyl groups excluding tert-OH is 1. The molecule has 4 aliphatic carbocycles. The standard InChI is InChI=1S/C24H32O4.CH5NO/c1-22-10-7-17(25)13-16(22)4-5-20-19(22)8-11-23(2)18(9-12-24(20,23)27)15-3-6-21(26)28-14-15;1-3-2/h3,6,13-14,17-20,25,27H,4-5,7-12H2,1-2H3;2H2,1H3/t17-,18+,19-,20+,22-,23+,24-;/m0./s1. The Bertz CT molecular complexity index is 876. The number of rotatable bonds is 1. The van der Waals surface area contributed by atoms with Gasteiger partial charge in [0.2, 0.25) is 0 Å². The largest absolute Gasteiger partial charge is 0.431 e. The van der Waals surface area contributed by atoms with Crippen LogP contribution in [0.1, 0.15) is 76.7 Å². The van der Waals surface area contributed by atoms with Gasteiger partial charge in [-0.2, -0.15) is 0 Å². The fraction of sp³-hybridized carbons (Fsp3) is 0.720. The average molecular weight is 432 g/mol. The van der Waals surface area contributed by atoms with Crippen LogP contribution in [0.5, 0.6) is 0 Å². The molecule has 6 nitrogen and oxygen atoms in total. The van der Waals surface area contributed by atoms with Crippen LogP contribution in [0.4, 0.5) is 0 Å². The van der Waals surface area contributed by atoms with Crippen LogP contribution in [0.3, 0.4) is 0 Å². The first-order valence-corrected chi connectivity index (χ1v) is 11.6. The fourth-order valence-electron chi connectivity index (χ4n) is 7.78. The van der Waals surface area contributed by atoms with Crippen LogP contribution in [0.2, 0.25) is 0 Å². The number of hydrogen-bond acceptors (Lipinski definition) is 6. The Kier molecular flexibility index (Phi) is 5.97. The first-order chi connectivity index (χ1) is 14.7. The lowest BCUT2D eigenvalue weighted by atomic mass is 9.45. The minimum atomic E-state index is -0.665. The highest BCUT2D eigenvalue weighted by Gasteiger charge is 2.66. The molecule has 0 aliphatic heterocycles. The van der Waals surface area contributed by atoms with E-state index in [0.29, 0.717) is 11.8 Å². The molecule has 0 radical (unpaired) electrons. The van der Waals surface area contributed by atoms with Crippen molar-refractivity contribution < 1.29 is 19.5 Å². The zero-order valence-corrected chi connectivity index (χ0v) is 19.0. The van der Waals surface area contributed by atoms with E-state index in [1.807, 2.05) is 6.07 Å². The van der Waals surface area contributed by atoms with E-state index in [0.717, 1.165) is 56.9 Å². The number of allylic oxidation sites excluding steroid dienone is 1. The molecule has 4 aliphatic rings. The molecular formula is C25H37NO5. The van der Waals surface area contributed by atoms with Crippen LogP contribution >= 0.6 is 0 Å². The maximum atomic E-state index is 12.1. The van der Waals surface area contributed by atoms with Gasteiger partial charge in [-0.3, -0.25) is 0 Å². The molecule has 6 heteroatoms. The van der Waals surface area contributed by atoms with Crippen LogP contribution in [0, 0.1) is 22.7 Å². The van der Waals surface area contributed by atoms with E-state index >= 15 is 0 Å². The number of aliphatic hydroxyl groups is 2. The molecule has 1 aromatic rings. The second-order valence-electron chi connectivity index (χ2n) is 10.6. The van der Waals surface area contributed by atoms with Gasteiger partial charge in [0.25, 0.3) is 0 Å². The summed E-state index contributed by atoms with van der Waals surface area (Å²) >= 11 is 0. The number of nitrogens with two attached hydrogens (primary N) is 1. The van der Waals surface area contributed by atoms with E-state index in [1.54, 1.807) is 6.26 Å². The summed E-state index contributed by atoms with van der Waals surface area (Å²) in [6.07, 6.45) is 11.2. The Morgan fingerprint density at radius 2 is 1.84 bits per heavy atom. The number of hydrogen-bond donors (Lipinski definition) is 3. The Labute approximate surface area is 184 Å². The van der Waals surface area contributed by atoms with E-state index in [4.69, 9.17) is 4.42 Å². The molecule has 0 aromatic carbocycles. The molecule has 31 heavy (non-hydrogen) atoms. The average Bonchev–Trinajstić information content (AvgIpc) is 3.01. The van der Waals surface area contributed by atoms with Crippen molar-refractivity contribution in [3.05, 3.63) is 46.0 Å².